The maximum Gasteiger partial charge on any atom is 0.411 e. The summed E-state index contributed by atoms with van der Waals surface area (Å²) in [5.74, 6) is -0.0406. The van der Waals surface area contributed by atoms with Crippen molar-refractivity contribution >= 4 is 17.3 Å². The summed E-state index contributed by atoms with van der Waals surface area (Å²) in [4.78, 5) is 13.9. The molecule has 0 aromatic carbocycles. The lowest BCUT2D eigenvalue weighted by molar-refractivity contribution is -0.391. The molecule has 0 aliphatic carbocycles. The summed E-state index contributed by atoms with van der Waals surface area (Å²) in [6.45, 7) is -1.42. The van der Waals surface area contributed by atoms with Gasteiger partial charge in [0.25, 0.3) is 0 Å². The molecule has 0 saturated heterocycles. The topological polar surface area (TPSA) is 94.6 Å². The van der Waals surface area contributed by atoms with E-state index in [0.717, 1.165) is 10.7 Å². The van der Waals surface area contributed by atoms with Crippen LogP contribution in [0.15, 0.2) is 18.3 Å². The Morgan fingerprint density at radius 2 is 2.19 bits per heavy atom. The van der Waals surface area contributed by atoms with E-state index in [1.807, 2.05) is 0 Å². The van der Waals surface area contributed by atoms with E-state index in [4.69, 9.17) is 0 Å². The highest BCUT2D eigenvalue weighted by Crippen LogP contribution is 2.15. The number of hydrogen-bond donors (Lipinski definition) is 1. The number of aromatic nitrogens is 3. The third kappa shape index (κ3) is 4.02. The highest BCUT2D eigenvalue weighted by atomic mass is 19.4. The number of halogens is 3. The van der Waals surface area contributed by atoms with E-state index in [1.54, 1.807) is 0 Å². The molecule has 0 radical (unpaired) electrons. The first-order valence-corrected chi connectivity index (χ1v) is 5.74. The molecule has 0 fully saturated rings. The van der Waals surface area contributed by atoms with Crippen molar-refractivity contribution in [2.45, 2.75) is 6.18 Å². The zero-order chi connectivity index (χ0) is 15.5. The van der Waals surface area contributed by atoms with Gasteiger partial charge in [-0.1, -0.05) is 9.61 Å². The Balaban J connectivity index is 1.93. The fourth-order valence-corrected chi connectivity index (χ4v) is 1.52. The molecule has 2 rings (SSSR count). The summed E-state index contributed by atoms with van der Waals surface area (Å²) in [5.41, 5.74) is 0.292. The molecule has 2 heterocycles. The van der Waals surface area contributed by atoms with Crippen molar-refractivity contribution in [2.75, 3.05) is 25.1 Å². The lowest BCUT2D eigenvalue weighted by Crippen LogP contribution is -2.20. The van der Waals surface area contributed by atoms with Gasteiger partial charge >= 0.3 is 12.0 Å². The van der Waals surface area contributed by atoms with Gasteiger partial charge in [-0.2, -0.15) is 13.2 Å². The molecule has 0 amide bonds. The monoisotopic (exact) mass is 305 g/mol. The largest absolute Gasteiger partial charge is 0.411 e. The first-order chi connectivity index (χ1) is 9.87. The van der Waals surface area contributed by atoms with Crippen LogP contribution in [0.1, 0.15) is 0 Å². The second-order valence-corrected chi connectivity index (χ2v) is 3.96. The normalized spacial score (nSPS) is 11.8. The highest BCUT2D eigenvalue weighted by Gasteiger charge is 2.27. The van der Waals surface area contributed by atoms with Crippen LogP contribution in [0, 0.1) is 10.1 Å². The molecule has 2 aromatic rings. The first-order valence-electron chi connectivity index (χ1n) is 5.74. The van der Waals surface area contributed by atoms with Crippen LogP contribution in [0.4, 0.5) is 24.8 Å². The van der Waals surface area contributed by atoms with E-state index in [0.29, 0.717) is 5.65 Å². The van der Waals surface area contributed by atoms with Crippen molar-refractivity contribution in [3.8, 4) is 0 Å². The van der Waals surface area contributed by atoms with Gasteiger partial charge in [0.15, 0.2) is 5.82 Å². The highest BCUT2D eigenvalue weighted by molar-refractivity contribution is 5.48. The molecule has 2 aromatic heterocycles. The molecule has 0 spiro atoms. The molecule has 114 valence electrons. The van der Waals surface area contributed by atoms with E-state index in [-0.39, 0.29) is 24.8 Å². The van der Waals surface area contributed by atoms with Crippen molar-refractivity contribution in [2.24, 2.45) is 0 Å². The summed E-state index contributed by atoms with van der Waals surface area (Å²) in [6, 6.07) is 3.01. The number of fused-ring (bicyclic) bond motifs is 1. The zero-order valence-corrected chi connectivity index (χ0v) is 10.5. The molecule has 21 heavy (non-hydrogen) atoms. The molecule has 0 bridgehead atoms. The van der Waals surface area contributed by atoms with Crippen LogP contribution >= 0.6 is 0 Å². The summed E-state index contributed by atoms with van der Waals surface area (Å²) >= 11 is 0. The van der Waals surface area contributed by atoms with Gasteiger partial charge in [0.05, 0.1) is 6.61 Å². The second kappa shape index (κ2) is 5.91. The maximum atomic E-state index is 11.8. The Bertz CT molecular complexity index is 642. The minimum Gasteiger partial charge on any atom is -0.370 e. The van der Waals surface area contributed by atoms with Gasteiger partial charge < -0.3 is 20.2 Å². The average molecular weight is 305 g/mol. The number of ether oxygens (including phenoxy) is 1. The van der Waals surface area contributed by atoms with Crippen molar-refractivity contribution in [3.63, 3.8) is 0 Å². The third-order valence-electron chi connectivity index (χ3n) is 2.35. The lowest BCUT2D eigenvalue weighted by atomic mass is 10.5. The maximum absolute atomic E-state index is 11.8. The molecule has 0 saturated carbocycles. The Labute approximate surface area is 115 Å². The van der Waals surface area contributed by atoms with E-state index < -0.39 is 17.7 Å². The first kappa shape index (κ1) is 15.0. The van der Waals surface area contributed by atoms with Gasteiger partial charge in [0.2, 0.25) is 5.65 Å². The number of imidazole rings is 1. The van der Waals surface area contributed by atoms with Gasteiger partial charge in [-0.25, -0.2) is 4.98 Å². The molecule has 11 heteroatoms. The summed E-state index contributed by atoms with van der Waals surface area (Å²) in [6.07, 6.45) is -3.30. The van der Waals surface area contributed by atoms with Gasteiger partial charge in [-0.15, -0.1) is 0 Å². The van der Waals surface area contributed by atoms with Crippen molar-refractivity contribution in [1.29, 1.82) is 0 Å². The third-order valence-corrected chi connectivity index (χ3v) is 2.35. The Morgan fingerprint density at radius 3 is 2.86 bits per heavy atom. The standard InChI is InChI=1S/C10H10F3N5O3/c11-10(12,13)6-21-4-3-14-7-1-2-8-15-5-9(18(19)20)17(8)16-7/h1-2,5H,3-4,6H2,(H,14,16). The van der Waals surface area contributed by atoms with E-state index in [2.05, 4.69) is 20.1 Å². The van der Waals surface area contributed by atoms with Crippen molar-refractivity contribution in [3.05, 3.63) is 28.4 Å². The van der Waals surface area contributed by atoms with Gasteiger partial charge in [0.1, 0.15) is 12.8 Å². The van der Waals surface area contributed by atoms with Gasteiger partial charge in [-0.05, 0) is 11.0 Å². The average Bonchev–Trinajstić information content (AvgIpc) is 2.80. The SMILES string of the molecule is O=[N+]([O-])c1cnc2ccc(NCCOCC(F)(F)F)nn12. The molecule has 8 nitrogen and oxygen atoms in total. The van der Waals surface area contributed by atoms with Crippen LogP contribution in [0.25, 0.3) is 5.65 Å². The Kier molecular flexibility index (Phi) is 4.21. The number of nitro groups is 1. The molecule has 0 atom stereocenters. The molecule has 0 aliphatic heterocycles. The molecule has 0 aliphatic rings. The predicted octanol–water partition coefficient (Wildman–Crippen LogP) is 1.63. The molecular weight excluding hydrogens is 295 g/mol. The quantitative estimate of drug-likeness (QED) is 0.495. The van der Waals surface area contributed by atoms with Crippen molar-refractivity contribution < 1.29 is 22.8 Å². The number of nitrogens with one attached hydrogen (secondary N) is 1. The number of anilines is 1. The van der Waals surface area contributed by atoms with E-state index in [1.165, 1.54) is 12.1 Å². The lowest BCUT2D eigenvalue weighted by Gasteiger charge is -2.08. The summed E-state index contributed by atoms with van der Waals surface area (Å²) < 4.78 is 40.9. The number of alkyl halides is 3. The van der Waals surface area contributed by atoms with Gasteiger partial charge in [0, 0.05) is 12.6 Å². The predicted molar refractivity (Wildman–Crippen MR) is 65.0 cm³/mol. The summed E-state index contributed by atoms with van der Waals surface area (Å²) in [7, 11) is 0. The number of hydrogen-bond acceptors (Lipinski definition) is 6. The number of rotatable bonds is 6. The minimum atomic E-state index is -4.37. The summed E-state index contributed by atoms with van der Waals surface area (Å²) in [5, 5.41) is 17.4. The fraction of sp³-hybridized carbons (Fsp3) is 0.400. The van der Waals surface area contributed by atoms with Crippen LogP contribution in [0.5, 0.6) is 0 Å². The van der Waals surface area contributed by atoms with Crippen LogP contribution in [-0.4, -0.2) is 45.5 Å². The van der Waals surface area contributed by atoms with Crippen LogP contribution in [0.2, 0.25) is 0 Å². The number of nitrogens with zero attached hydrogens (tertiary/aromatic N) is 4. The Morgan fingerprint density at radius 1 is 1.43 bits per heavy atom. The van der Waals surface area contributed by atoms with Gasteiger partial charge in [-0.3, -0.25) is 0 Å². The Hall–Kier alpha value is -2.43. The minimum absolute atomic E-state index is 0.0804. The van der Waals surface area contributed by atoms with Crippen LogP contribution < -0.4 is 5.32 Å². The molecular formula is C10H10F3N5O3. The molecule has 0 unspecified atom stereocenters. The van der Waals surface area contributed by atoms with Crippen LogP contribution in [-0.2, 0) is 4.74 Å². The second-order valence-electron chi connectivity index (χ2n) is 3.96. The van der Waals surface area contributed by atoms with E-state index in [9.17, 15) is 23.3 Å². The van der Waals surface area contributed by atoms with E-state index >= 15 is 0 Å². The smallest absolute Gasteiger partial charge is 0.370 e. The molecule has 1 N–H and O–H groups in total. The van der Waals surface area contributed by atoms with Crippen LogP contribution in [0.3, 0.4) is 0 Å². The fourth-order valence-electron chi connectivity index (χ4n) is 1.52. The zero-order valence-electron chi connectivity index (χ0n) is 10.5. The van der Waals surface area contributed by atoms with Crippen molar-refractivity contribution in [1.82, 2.24) is 14.6 Å².